The highest BCUT2D eigenvalue weighted by Gasteiger charge is 2.00. The van der Waals surface area contributed by atoms with Gasteiger partial charge < -0.3 is 11.1 Å². The summed E-state index contributed by atoms with van der Waals surface area (Å²) in [6.45, 7) is 5.70. The lowest BCUT2D eigenvalue weighted by atomic mass is 10.4. The van der Waals surface area contributed by atoms with Crippen molar-refractivity contribution in [1.29, 1.82) is 0 Å². The van der Waals surface area contributed by atoms with Crippen molar-refractivity contribution in [1.82, 2.24) is 5.32 Å². The maximum Gasteiger partial charge on any atom is 0.239 e. The summed E-state index contributed by atoms with van der Waals surface area (Å²) < 4.78 is 0. The molecular weight excluding hydrogens is 166 g/mol. The van der Waals surface area contributed by atoms with E-state index in [0.29, 0.717) is 12.3 Å². The molecule has 0 rings (SSSR count). The fraction of sp³-hybridized carbons (Fsp3) is 0.556. The summed E-state index contributed by atoms with van der Waals surface area (Å²) >= 11 is 0. The van der Waals surface area contributed by atoms with Crippen LogP contribution < -0.4 is 11.1 Å². The van der Waals surface area contributed by atoms with Gasteiger partial charge in [0.1, 0.15) is 5.84 Å². The van der Waals surface area contributed by atoms with E-state index >= 15 is 0 Å². The molecule has 0 saturated heterocycles. The van der Waals surface area contributed by atoms with Gasteiger partial charge in [-0.25, -0.2) is 4.99 Å². The van der Waals surface area contributed by atoms with E-state index in [1.54, 1.807) is 0 Å². The molecule has 0 heterocycles. The second kappa shape index (κ2) is 6.37. The molecular formula is C9H17N3O. The summed E-state index contributed by atoms with van der Waals surface area (Å²) in [5.74, 6) is 0.454. The highest BCUT2D eigenvalue weighted by Crippen LogP contribution is 1.95. The van der Waals surface area contributed by atoms with E-state index in [4.69, 9.17) is 5.73 Å². The topological polar surface area (TPSA) is 67.5 Å². The Hall–Kier alpha value is -1.16. The number of carbonyl (C=O) groups excluding carboxylic acids is 1. The fourth-order valence-corrected chi connectivity index (χ4v) is 0.685. The smallest absolute Gasteiger partial charge is 0.239 e. The molecule has 4 nitrogen and oxygen atoms in total. The monoisotopic (exact) mass is 183 g/mol. The number of allylic oxidation sites excluding steroid dienone is 2. The van der Waals surface area contributed by atoms with E-state index < -0.39 is 0 Å². The van der Waals surface area contributed by atoms with E-state index in [1.807, 2.05) is 26.8 Å². The number of hydrogen-bond donors (Lipinski definition) is 2. The quantitative estimate of drug-likeness (QED) is 0.502. The number of aliphatic imine (C=N–C) groups is 1. The Morgan fingerprint density at radius 2 is 2.23 bits per heavy atom. The van der Waals surface area contributed by atoms with Gasteiger partial charge in [-0.1, -0.05) is 13.0 Å². The predicted octanol–water partition coefficient (Wildman–Crippen LogP) is 0.794. The third kappa shape index (κ3) is 5.14. The Morgan fingerprint density at radius 1 is 1.62 bits per heavy atom. The first kappa shape index (κ1) is 11.8. The van der Waals surface area contributed by atoms with Crippen LogP contribution >= 0.6 is 0 Å². The van der Waals surface area contributed by atoms with Gasteiger partial charge in [0.2, 0.25) is 5.91 Å². The Labute approximate surface area is 78.9 Å². The minimum Gasteiger partial charge on any atom is -0.322 e. The molecule has 1 amide bonds. The molecule has 74 valence electrons. The third-order valence-corrected chi connectivity index (χ3v) is 1.53. The molecule has 0 bridgehead atoms. The van der Waals surface area contributed by atoms with Gasteiger partial charge in [-0.2, -0.15) is 0 Å². The average Bonchev–Trinajstić information content (AvgIpc) is 2.16. The van der Waals surface area contributed by atoms with Gasteiger partial charge >= 0.3 is 0 Å². The standard InChI is InChI=1S/C9H17N3O/c1-4-7(3)11-8(5-2)12-9(13)6-10/h4H,5-6,10H2,1-3H3,(H,11,12,13)/b7-4-. The van der Waals surface area contributed by atoms with E-state index in [1.165, 1.54) is 0 Å². The van der Waals surface area contributed by atoms with Crippen LogP contribution in [0.5, 0.6) is 0 Å². The summed E-state index contributed by atoms with van der Waals surface area (Å²) in [7, 11) is 0. The number of amidine groups is 1. The zero-order chi connectivity index (χ0) is 10.3. The largest absolute Gasteiger partial charge is 0.322 e. The minimum absolute atomic E-state index is 0.00604. The van der Waals surface area contributed by atoms with Gasteiger partial charge in [-0.05, 0) is 13.8 Å². The third-order valence-electron chi connectivity index (χ3n) is 1.53. The van der Waals surface area contributed by atoms with E-state index in [0.717, 1.165) is 5.70 Å². The summed E-state index contributed by atoms with van der Waals surface area (Å²) in [5, 5.41) is 2.63. The van der Waals surface area contributed by atoms with Crippen molar-refractivity contribution in [3.8, 4) is 0 Å². The van der Waals surface area contributed by atoms with Crippen molar-refractivity contribution in [2.24, 2.45) is 10.7 Å². The first-order valence-electron chi connectivity index (χ1n) is 4.34. The SMILES string of the molecule is C/C=C(/C)N=C(CC)NC(=O)CN. The van der Waals surface area contributed by atoms with E-state index in [2.05, 4.69) is 10.3 Å². The molecule has 0 spiro atoms. The molecule has 0 aliphatic carbocycles. The van der Waals surface area contributed by atoms with Gasteiger partial charge in [0.05, 0.1) is 6.54 Å². The van der Waals surface area contributed by atoms with Crippen molar-refractivity contribution in [2.75, 3.05) is 6.54 Å². The number of hydrogen-bond acceptors (Lipinski definition) is 3. The van der Waals surface area contributed by atoms with Crippen molar-refractivity contribution in [2.45, 2.75) is 27.2 Å². The zero-order valence-electron chi connectivity index (χ0n) is 8.42. The van der Waals surface area contributed by atoms with Crippen LogP contribution in [0, 0.1) is 0 Å². The predicted molar refractivity (Wildman–Crippen MR) is 54.4 cm³/mol. The average molecular weight is 183 g/mol. The van der Waals surface area contributed by atoms with Gasteiger partial charge in [-0.15, -0.1) is 0 Å². The van der Waals surface area contributed by atoms with Crippen LogP contribution in [0.1, 0.15) is 27.2 Å². The number of nitrogens with two attached hydrogens (primary N) is 1. The summed E-state index contributed by atoms with van der Waals surface area (Å²) in [4.78, 5) is 15.1. The molecule has 0 fully saturated rings. The lowest BCUT2D eigenvalue weighted by Crippen LogP contribution is -2.35. The van der Waals surface area contributed by atoms with Crippen molar-refractivity contribution < 1.29 is 4.79 Å². The van der Waals surface area contributed by atoms with Gasteiger partial charge in [0.25, 0.3) is 0 Å². The van der Waals surface area contributed by atoms with Crippen molar-refractivity contribution in [3.05, 3.63) is 11.8 Å². The Bertz CT molecular complexity index is 231. The molecule has 0 aromatic carbocycles. The Morgan fingerprint density at radius 3 is 2.62 bits per heavy atom. The number of carbonyl (C=O) groups is 1. The van der Waals surface area contributed by atoms with Crippen molar-refractivity contribution in [3.63, 3.8) is 0 Å². The van der Waals surface area contributed by atoms with Crippen LogP contribution in [0.3, 0.4) is 0 Å². The number of nitrogens with zero attached hydrogens (tertiary/aromatic N) is 1. The van der Waals surface area contributed by atoms with E-state index in [-0.39, 0.29) is 12.5 Å². The second-order valence-corrected chi connectivity index (χ2v) is 2.59. The van der Waals surface area contributed by atoms with Crippen LogP contribution in [-0.4, -0.2) is 18.3 Å². The Kier molecular flexibility index (Phi) is 5.80. The highest BCUT2D eigenvalue weighted by atomic mass is 16.1. The maximum atomic E-state index is 10.9. The minimum atomic E-state index is -0.204. The fourth-order valence-electron chi connectivity index (χ4n) is 0.685. The van der Waals surface area contributed by atoms with Gasteiger partial charge in [0, 0.05) is 12.1 Å². The molecule has 4 heteroatoms. The lowest BCUT2D eigenvalue weighted by molar-refractivity contribution is -0.118. The molecule has 3 N–H and O–H groups in total. The number of rotatable bonds is 3. The molecule has 13 heavy (non-hydrogen) atoms. The van der Waals surface area contributed by atoms with Crippen LogP contribution in [-0.2, 0) is 4.79 Å². The number of nitrogens with one attached hydrogen (secondary N) is 1. The van der Waals surface area contributed by atoms with Crippen LogP contribution in [0.15, 0.2) is 16.8 Å². The summed E-state index contributed by atoms with van der Waals surface area (Å²) in [6, 6.07) is 0. The van der Waals surface area contributed by atoms with Crippen LogP contribution in [0.25, 0.3) is 0 Å². The van der Waals surface area contributed by atoms with Gasteiger partial charge in [0.15, 0.2) is 0 Å². The molecule has 0 aromatic rings. The molecule has 0 saturated carbocycles. The van der Waals surface area contributed by atoms with Crippen LogP contribution in [0.2, 0.25) is 0 Å². The van der Waals surface area contributed by atoms with Crippen molar-refractivity contribution >= 4 is 11.7 Å². The maximum absolute atomic E-state index is 10.9. The molecule has 0 unspecified atom stereocenters. The highest BCUT2D eigenvalue weighted by molar-refractivity contribution is 5.99. The molecule has 0 radical (unpaired) electrons. The zero-order valence-corrected chi connectivity index (χ0v) is 8.42. The Balaban J connectivity index is 4.34. The van der Waals surface area contributed by atoms with Crippen LogP contribution in [0.4, 0.5) is 0 Å². The van der Waals surface area contributed by atoms with Gasteiger partial charge in [-0.3, -0.25) is 4.79 Å². The summed E-state index contributed by atoms with van der Waals surface area (Å²) in [5.41, 5.74) is 6.04. The number of amides is 1. The van der Waals surface area contributed by atoms with E-state index in [9.17, 15) is 4.79 Å². The lowest BCUT2D eigenvalue weighted by Gasteiger charge is -2.04. The molecule has 0 aliphatic rings. The first-order valence-corrected chi connectivity index (χ1v) is 4.34. The molecule has 0 aromatic heterocycles. The first-order chi connectivity index (χ1) is 6.13. The molecule has 0 atom stereocenters. The summed E-state index contributed by atoms with van der Waals surface area (Å²) in [6.07, 6.45) is 2.57. The normalized spacial score (nSPS) is 12.9. The second-order valence-electron chi connectivity index (χ2n) is 2.59. The molecule has 0 aliphatic heterocycles.